The fourth-order valence-corrected chi connectivity index (χ4v) is 2.50. The lowest BCUT2D eigenvalue weighted by atomic mass is 9.86. The third kappa shape index (κ3) is 3.45. The number of ketones is 2. The molecular weight excluding hydrogens is 296 g/mol. The van der Waals surface area contributed by atoms with Crippen molar-refractivity contribution in [3.05, 3.63) is 69.7 Å². The van der Waals surface area contributed by atoms with Gasteiger partial charge in [0.1, 0.15) is 0 Å². The number of halogens is 1. The van der Waals surface area contributed by atoms with E-state index in [9.17, 15) is 9.59 Å². The van der Waals surface area contributed by atoms with Gasteiger partial charge in [-0.05, 0) is 35.6 Å². The van der Waals surface area contributed by atoms with Crippen molar-refractivity contribution >= 4 is 23.2 Å². The van der Waals surface area contributed by atoms with Crippen LogP contribution in [0.15, 0.2) is 42.5 Å². The number of benzene rings is 2. The molecule has 0 aliphatic carbocycles. The summed E-state index contributed by atoms with van der Waals surface area (Å²) in [6.45, 7) is 8.18. The molecule has 0 radical (unpaired) electrons. The fourth-order valence-electron chi connectivity index (χ4n) is 2.18. The van der Waals surface area contributed by atoms with Gasteiger partial charge < -0.3 is 0 Å². The van der Waals surface area contributed by atoms with E-state index in [0.717, 1.165) is 11.1 Å². The van der Waals surface area contributed by atoms with Gasteiger partial charge in [0.2, 0.25) is 11.6 Å². The molecule has 2 aromatic rings. The van der Waals surface area contributed by atoms with E-state index in [1.807, 2.05) is 19.1 Å². The molecule has 0 amide bonds. The summed E-state index contributed by atoms with van der Waals surface area (Å²) in [5.74, 6) is -1.11. The maximum Gasteiger partial charge on any atom is 0.235 e. The molecule has 0 fully saturated rings. The third-order valence-electron chi connectivity index (χ3n) is 3.59. The number of aryl methyl sites for hydroxylation is 1. The first-order valence-electron chi connectivity index (χ1n) is 7.16. The van der Waals surface area contributed by atoms with Gasteiger partial charge in [0.15, 0.2) is 0 Å². The zero-order chi connectivity index (χ0) is 16.5. The monoisotopic (exact) mass is 314 g/mol. The van der Waals surface area contributed by atoms with Crippen LogP contribution in [-0.2, 0) is 5.41 Å². The second-order valence-electron chi connectivity index (χ2n) is 6.47. The van der Waals surface area contributed by atoms with Crippen molar-refractivity contribution in [1.29, 1.82) is 0 Å². The number of Topliss-reactive ketones (excluding diaryl/α,β-unsaturated/α-hetero) is 2. The van der Waals surface area contributed by atoms with E-state index in [1.165, 1.54) is 0 Å². The van der Waals surface area contributed by atoms with E-state index in [1.54, 1.807) is 30.3 Å². The minimum absolute atomic E-state index is 0.00581. The van der Waals surface area contributed by atoms with Crippen LogP contribution < -0.4 is 0 Å². The third-order valence-corrected chi connectivity index (χ3v) is 3.90. The van der Waals surface area contributed by atoms with E-state index in [4.69, 9.17) is 11.6 Å². The van der Waals surface area contributed by atoms with Gasteiger partial charge >= 0.3 is 0 Å². The van der Waals surface area contributed by atoms with Gasteiger partial charge in [-0.2, -0.15) is 0 Å². The molecule has 0 aliphatic rings. The van der Waals surface area contributed by atoms with Crippen LogP contribution in [0.5, 0.6) is 0 Å². The minimum Gasteiger partial charge on any atom is -0.285 e. The highest BCUT2D eigenvalue weighted by Crippen LogP contribution is 2.23. The van der Waals surface area contributed by atoms with Crippen LogP contribution in [0, 0.1) is 6.92 Å². The molecule has 114 valence electrons. The van der Waals surface area contributed by atoms with Crippen LogP contribution in [0.1, 0.15) is 52.6 Å². The Balaban J connectivity index is 2.29. The molecule has 0 atom stereocenters. The van der Waals surface area contributed by atoms with Crippen LogP contribution >= 0.6 is 11.6 Å². The van der Waals surface area contributed by atoms with Gasteiger partial charge in [0.25, 0.3) is 0 Å². The summed E-state index contributed by atoms with van der Waals surface area (Å²) in [6, 6.07) is 12.2. The Labute approximate surface area is 136 Å². The topological polar surface area (TPSA) is 34.1 Å². The Morgan fingerprint density at radius 2 is 1.50 bits per heavy atom. The molecule has 3 heteroatoms. The van der Waals surface area contributed by atoms with Crippen LogP contribution in [0.25, 0.3) is 0 Å². The van der Waals surface area contributed by atoms with E-state index in [0.29, 0.717) is 10.6 Å². The molecule has 0 saturated heterocycles. The second kappa shape index (κ2) is 6.05. The van der Waals surface area contributed by atoms with Gasteiger partial charge in [-0.3, -0.25) is 9.59 Å². The lowest BCUT2D eigenvalue weighted by Gasteiger charge is -2.18. The second-order valence-corrected chi connectivity index (χ2v) is 6.88. The quantitative estimate of drug-likeness (QED) is 0.589. The van der Waals surface area contributed by atoms with Crippen molar-refractivity contribution < 1.29 is 9.59 Å². The van der Waals surface area contributed by atoms with Crippen molar-refractivity contribution in [3.8, 4) is 0 Å². The Bertz CT molecular complexity index is 722. The Morgan fingerprint density at radius 3 is 2.00 bits per heavy atom. The van der Waals surface area contributed by atoms with E-state index in [2.05, 4.69) is 20.8 Å². The summed E-state index contributed by atoms with van der Waals surface area (Å²) in [7, 11) is 0. The zero-order valence-corrected chi connectivity index (χ0v) is 14.0. The molecule has 0 unspecified atom stereocenters. The predicted octanol–water partition coefficient (Wildman–Crippen LogP) is 5.01. The Hall–Kier alpha value is -1.93. The molecule has 2 aromatic carbocycles. The summed E-state index contributed by atoms with van der Waals surface area (Å²) in [6.07, 6.45) is 0. The fraction of sp³-hybridized carbons (Fsp3) is 0.263. The van der Waals surface area contributed by atoms with Crippen LogP contribution in [0.4, 0.5) is 0 Å². The highest BCUT2D eigenvalue weighted by Gasteiger charge is 2.21. The van der Waals surface area contributed by atoms with Crippen molar-refractivity contribution in [2.75, 3.05) is 0 Å². The molecule has 0 aromatic heterocycles. The van der Waals surface area contributed by atoms with Crippen LogP contribution in [-0.4, -0.2) is 11.6 Å². The molecule has 0 spiro atoms. The SMILES string of the molecule is Cc1ccc(C(=O)C(=O)c2ccc(C(C)(C)C)cc2)c(Cl)c1. The molecule has 0 bridgehead atoms. The average molecular weight is 315 g/mol. The Morgan fingerprint density at radius 1 is 0.909 bits per heavy atom. The van der Waals surface area contributed by atoms with Gasteiger partial charge in [-0.25, -0.2) is 0 Å². The summed E-state index contributed by atoms with van der Waals surface area (Å²) in [5.41, 5.74) is 2.70. The van der Waals surface area contributed by atoms with E-state index in [-0.39, 0.29) is 11.0 Å². The van der Waals surface area contributed by atoms with Gasteiger partial charge in [-0.15, -0.1) is 0 Å². The average Bonchev–Trinajstić information content (AvgIpc) is 2.45. The maximum atomic E-state index is 12.3. The van der Waals surface area contributed by atoms with Crippen molar-refractivity contribution in [1.82, 2.24) is 0 Å². The summed E-state index contributed by atoms with van der Waals surface area (Å²) < 4.78 is 0. The van der Waals surface area contributed by atoms with Crippen LogP contribution in [0.3, 0.4) is 0 Å². The maximum absolute atomic E-state index is 12.3. The van der Waals surface area contributed by atoms with Gasteiger partial charge in [0, 0.05) is 11.1 Å². The molecule has 0 heterocycles. The van der Waals surface area contributed by atoms with Crippen molar-refractivity contribution in [3.63, 3.8) is 0 Å². The predicted molar refractivity (Wildman–Crippen MR) is 90.0 cm³/mol. The summed E-state index contributed by atoms with van der Waals surface area (Å²) in [4.78, 5) is 24.7. The highest BCUT2D eigenvalue weighted by atomic mass is 35.5. The highest BCUT2D eigenvalue weighted by molar-refractivity contribution is 6.51. The molecule has 0 N–H and O–H groups in total. The molecule has 0 aliphatic heterocycles. The molecular formula is C19H19ClO2. The van der Waals surface area contributed by atoms with Gasteiger partial charge in [-0.1, -0.05) is 62.7 Å². The first-order chi connectivity index (χ1) is 10.2. The van der Waals surface area contributed by atoms with Gasteiger partial charge in [0.05, 0.1) is 5.02 Å². The lowest BCUT2D eigenvalue weighted by Crippen LogP contribution is -2.16. The minimum atomic E-state index is -0.575. The van der Waals surface area contributed by atoms with E-state index < -0.39 is 11.6 Å². The zero-order valence-electron chi connectivity index (χ0n) is 13.2. The Kier molecular flexibility index (Phi) is 4.52. The first-order valence-corrected chi connectivity index (χ1v) is 7.53. The van der Waals surface area contributed by atoms with Crippen LogP contribution in [0.2, 0.25) is 5.02 Å². The summed E-state index contributed by atoms with van der Waals surface area (Å²) in [5, 5.41) is 0.310. The van der Waals surface area contributed by atoms with Crippen molar-refractivity contribution in [2.45, 2.75) is 33.1 Å². The summed E-state index contributed by atoms with van der Waals surface area (Å²) >= 11 is 6.07. The lowest BCUT2D eigenvalue weighted by molar-refractivity contribution is 0.0817. The molecule has 2 nitrogen and oxygen atoms in total. The number of hydrogen-bond acceptors (Lipinski definition) is 2. The number of carbonyl (C=O) groups is 2. The smallest absolute Gasteiger partial charge is 0.235 e. The standard InChI is InChI=1S/C19H19ClO2/c1-12-5-10-15(16(20)11-12)18(22)17(21)13-6-8-14(9-7-13)19(2,3)4/h5-11H,1-4H3. The first kappa shape index (κ1) is 16.4. The molecule has 22 heavy (non-hydrogen) atoms. The normalized spacial score (nSPS) is 11.3. The molecule has 0 saturated carbocycles. The number of rotatable bonds is 3. The largest absolute Gasteiger partial charge is 0.285 e. The van der Waals surface area contributed by atoms with Crippen molar-refractivity contribution in [2.24, 2.45) is 0 Å². The van der Waals surface area contributed by atoms with E-state index >= 15 is 0 Å². The number of hydrogen-bond donors (Lipinski definition) is 0. The molecule has 2 rings (SSSR count). The number of carbonyl (C=O) groups excluding carboxylic acids is 2.